The summed E-state index contributed by atoms with van der Waals surface area (Å²) >= 11 is 6.17. The Morgan fingerprint density at radius 2 is 2.09 bits per heavy atom. The van der Waals surface area contributed by atoms with Gasteiger partial charge >= 0.3 is 0 Å². The number of benzene rings is 2. The van der Waals surface area contributed by atoms with Crippen molar-refractivity contribution in [2.24, 2.45) is 12.8 Å². The van der Waals surface area contributed by atoms with Crippen LogP contribution in [0.5, 0.6) is 5.75 Å². The van der Waals surface area contributed by atoms with Crippen molar-refractivity contribution in [3.63, 3.8) is 0 Å². The Kier molecular flexibility index (Phi) is 6.88. The Labute approximate surface area is 194 Å². The van der Waals surface area contributed by atoms with E-state index in [1.807, 2.05) is 24.3 Å². The van der Waals surface area contributed by atoms with Crippen LogP contribution in [0.25, 0.3) is 0 Å². The third-order valence-electron chi connectivity index (χ3n) is 5.95. The number of hydrogen-bond donors (Lipinski definition) is 1. The molecule has 2 unspecified atom stereocenters. The van der Waals surface area contributed by atoms with E-state index in [1.54, 1.807) is 11.6 Å². The quantitative estimate of drug-likeness (QED) is 0.501. The Bertz CT molecular complexity index is 1190. The predicted octanol–water partition coefficient (Wildman–Crippen LogP) is 3.92. The molecular formula is C24H28ClN3O3S. The molecule has 0 amide bonds. The first kappa shape index (κ1) is 22.8. The van der Waals surface area contributed by atoms with E-state index in [1.165, 1.54) is 23.7 Å². The van der Waals surface area contributed by atoms with Gasteiger partial charge in [-0.05, 0) is 66.6 Å². The first-order valence-electron chi connectivity index (χ1n) is 10.8. The summed E-state index contributed by atoms with van der Waals surface area (Å²) in [5.41, 5.74) is 10.2. The molecule has 3 aromatic rings. The van der Waals surface area contributed by atoms with E-state index >= 15 is 0 Å². The number of sulfone groups is 1. The largest absolute Gasteiger partial charge is 0.494 e. The lowest BCUT2D eigenvalue weighted by Crippen LogP contribution is -2.34. The van der Waals surface area contributed by atoms with Crippen LogP contribution in [0.15, 0.2) is 60.0 Å². The average Bonchev–Trinajstić information content (AvgIpc) is 3.21. The van der Waals surface area contributed by atoms with Crippen molar-refractivity contribution in [2.45, 2.75) is 42.7 Å². The van der Waals surface area contributed by atoms with E-state index in [2.05, 4.69) is 23.2 Å². The number of ether oxygens (including phenoxy) is 1. The molecule has 170 valence electrons. The maximum atomic E-state index is 12.4. The van der Waals surface area contributed by atoms with Gasteiger partial charge in [0, 0.05) is 30.2 Å². The van der Waals surface area contributed by atoms with Crippen LogP contribution >= 0.6 is 11.6 Å². The molecule has 0 radical (unpaired) electrons. The maximum absolute atomic E-state index is 12.4. The first-order chi connectivity index (χ1) is 15.3. The molecule has 1 aliphatic carbocycles. The molecule has 0 spiro atoms. The standard InChI is InChI=1S/C24H28ClN3O3S/c1-28-15-24(27-16-28)32(29,30)11-3-10-31-20-8-6-18-7-9-23(26)22(21(18)14-20)13-17-4-2-5-19(25)12-17/h2,4-6,8,12,14-16,22-23H,3,7,9-11,13,26H2,1H3. The molecule has 0 saturated heterocycles. The number of halogens is 1. The Morgan fingerprint density at radius 1 is 1.25 bits per heavy atom. The zero-order valence-electron chi connectivity index (χ0n) is 18.1. The molecule has 0 aliphatic heterocycles. The van der Waals surface area contributed by atoms with E-state index < -0.39 is 9.84 Å². The van der Waals surface area contributed by atoms with Crippen molar-refractivity contribution in [1.82, 2.24) is 9.55 Å². The summed E-state index contributed by atoms with van der Waals surface area (Å²) in [5, 5.41) is 0.830. The molecular weight excluding hydrogens is 446 g/mol. The van der Waals surface area contributed by atoms with Gasteiger partial charge in [-0.2, -0.15) is 0 Å². The van der Waals surface area contributed by atoms with Gasteiger partial charge in [0.15, 0.2) is 14.9 Å². The van der Waals surface area contributed by atoms with Gasteiger partial charge in [-0.1, -0.05) is 29.8 Å². The number of aromatic nitrogens is 2. The lowest BCUT2D eigenvalue weighted by Gasteiger charge is -2.32. The number of rotatable bonds is 8. The summed E-state index contributed by atoms with van der Waals surface area (Å²) in [6, 6.07) is 14.1. The minimum absolute atomic E-state index is 0.00276. The Hall–Kier alpha value is -2.35. The molecule has 0 fully saturated rings. The molecule has 1 aromatic heterocycles. The lowest BCUT2D eigenvalue weighted by molar-refractivity contribution is 0.316. The van der Waals surface area contributed by atoms with Gasteiger partial charge in [-0.3, -0.25) is 0 Å². The van der Waals surface area contributed by atoms with Crippen molar-refractivity contribution in [3.8, 4) is 5.75 Å². The highest BCUT2D eigenvalue weighted by atomic mass is 35.5. The molecule has 1 aliphatic rings. The fourth-order valence-corrected chi connectivity index (χ4v) is 5.72. The molecule has 6 nitrogen and oxygen atoms in total. The first-order valence-corrected chi connectivity index (χ1v) is 12.8. The molecule has 1 heterocycles. The number of hydrogen-bond acceptors (Lipinski definition) is 5. The van der Waals surface area contributed by atoms with Gasteiger partial charge in [0.05, 0.1) is 18.7 Å². The second kappa shape index (κ2) is 9.65. The highest BCUT2D eigenvalue weighted by Gasteiger charge is 2.28. The summed E-state index contributed by atoms with van der Waals surface area (Å²) in [6.07, 6.45) is 6.11. The number of fused-ring (bicyclic) bond motifs is 1. The number of aryl methyl sites for hydroxylation is 2. The van der Waals surface area contributed by atoms with Gasteiger partial charge in [0.1, 0.15) is 5.75 Å². The molecule has 8 heteroatoms. The summed E-state index contributed by atoms with van der Waals surface area (Å²) in [7, 11) is -1.65. The smallest absolute Gasteiger partial charge is 0.197 e. The second-order valence-corrected chi connectivity index (χ2v) is 10.9. The van der Waals surface area contributed by atoms with Crippen LogP contribution in [-0.2, 0) is 29.7 Å². The van der Waals surface area contributed by atoms with E-state index in [4.69, 9.17) is 22.1 Å². The molecule has 2 atom stereocenters. The molecule has 2 aromatic carbocycles. The van der Waals surface area contributed by atoms with Crippen LogP contribution in [0.1, 0.15) is 35.4 Å². The minimum Gasteiger partial charge on any atom is -0.494 e. The van der Waals surface area contributed by atoms with Crippen molar-refractivity contribution in [3.05, 3.63) is 76.7 Å². The number of nitrogens with zero attached hydrogens (tertiary/aromatic N) is 2. The summed E-state index contributed by atoms with van der Waals surface area (Å²) in [6.45, 7) is 0.315. The van der Waals surface area contributed by atoms with Crippen molar-refractivity contribution >= 4 is 21.4 Å². The predicted molar refractivity (Wildman–Crippen MR) is 126 cm³/mol. The van der Waals surface area contributed by atoms with Crippen LogP contribution < -0.4 is 10.5 Å². The van der Waals surface area contributed by atoms with Crippen LogP contribution in [0, 0.1) is 0 Å². The molecule has 4 rings (SSSR count). The van der Waals surface area contributed by atoms with Gasteiger partial charge in [0.25, 0.3) is 0 Å². The van der Waals surface area contributed by atoms with E-state index in [0.29, 0.717) is 13.0 Å². The monoisotopic (exact) mass is 473 g/mol. The molecule has 0 saturated carbocycles. The van der Waals surface area contributed by atoms with Gasteiger partial charge in [-0.25, -0.2) is 13.4 Å². The second-order valence-electron chi connectivity index (χ2n) is 8.40. The van der Waals surface area contributed by atoms with Crippen LogP contribution in [0.4, 0.5) is 0 Å². The van der Waals surface area contributed by atoms with Gasteiger partial charge < -0.3 is 15.0 Å². The summed E-state index contributed by atoms with van der Waals surface area (Å²) < 4.78 is 32.3. The van der Waals surface area contributed by atoms with E-state index in [0.717, 1.165) is 35.6 Å². The summed E-state index contributed by atoms with van der Waals surface area (Å²) in [5.74, 6) is 0.923. The van der Waals surface area contributed by atoms with Crippen LogP contribution in [0.2, 0.25) is 5.02 Å². The topological polar surface area (TPSA) is 87.2 Å². The third kappa shape index (κ3) is 5.34. The van der Waals surface area contributed by atoms with Crippen molar-refractivity contribution in [1.29, 1.82) is 0 Å². The zero-order chi connectivity index (χ0) is 22.7. The molecule has 0 bridgehead atoms. The van der Waals surface area contributed by atoms with E-state index in [-0.39, 0.29) is 22.7 Å². The zero-order valence-corrected chi connectivity index (χ0v) is 19.6. The Balaban J connectivity index is 1.41. The highest BCUT2D eigenvalue weighted by Crippen LogP contribution is 2.36. The summed E-state index contributed by atoms with van der Waals surface area (Å²) in [4.78, 5) is 3.94. The third-order valence-corrected chi connectivity index (χ3v) is 7.86. The van der Waals surface area contributed by atoms with Crippen LogP contribution in [-0.4, -0.2) is 36.4 Å². The minimum atomic E-state index is -3.40. The number of imidazole rings is 1. The lowest BCUT2D eigenvalue weighted by atomic mass is 9.76. The normalized spacial score (nSPS) is 18.3. The van der Waals surface area contributed by atoms with Crippen molar-refractivity contribution in [2.75, 3.05) is 12.4 Å². The van der Waals surface area contributed by atoms with Gasteiger partial charge in [-0.15, -0.1) is 0 Å². The van der Waals surface area contributed by atoms with Crippen molar-refractivity contribution < 1.29 is 13.2 Å². The molecule has 2 N–H and O–H groups in total. The fourth-order valence-electron chi connectivity index (χ4n) is 4.26. The highest BCUT2D eigenvalue weighted by molar-refractivity contribution is 7.91. The van der Waals surface area contributed by atoms with E-state index in [9.17, 15) is 8.42 Å². The number of nitrogens with two attached hydrogens (primary N) is 1. The Morgan fingerprint density at radius 3 is 2.84 bits per heavy atom. The fraction of sp³-hybridized carbons (Fsp3) is 0.375. The SMILES string of the molecule is Cn1cnc(S(=O)(=O)CCCOc2ccc3c(c2)C(Cc2cccc(Cl)c2)C(N)CC3)c1. The van der Waals surface area contributed by atoms with Crippen LogP contribution in [0.3, 0.4) is 0 Å². The van der Waals surface area contributed by atoms with Gasteiger partial charge in [0.2, 0.25) is 0 Å². The molecule has 32 heavy (non-hydrogen) atoms. The maximum Gasteiger partial charge on any atom is 0.197 e. The average molecular weight is 474 g/mol.